The van der Waals surface area contributed by atoms with E-state index < -0.39 is 10.0 Å². The maximum absolute atomic E-state index is 12.0. The zero-order chi connectivity index (χ0) is 16.0. The molecular formula is C13H22N4O3S. The molecule has 8 heteroatoms. The second-order valence-electron chi connectivity index (χ2n) is 4.88. The summed E-state index contributed by atoms with van der Waals surface area (Å²) in [7, 11) is -0.355. The van der Waals surface area contributed by atoms with Crippen molar-refractivity contribution in [2.24, 2.45) is 5.73 Å². The lowest BCUT2D eigenvalue weighted by Crippen LogP contribution is -2.39. The Hall–Kier alpha value is -1.64. The minimum Gasteiger partial charge on any atom is -0.337 e. The minimum atomic E-state index is -3.58. The van der Waals surface area contributed by atoms with Crippen LogP contribution in [0.15, 0.2) is 29.2 Å². The minimum absolute atomic E-state index is 0.122. The third kappa shape index (κ3) is 5.33. The van der Waals surface area contributed by atoms with Gasteiger partial charge in [0.05, 0.1) is 4.90 Å². The third-order valence-electron chi connectivity index (χ3n) is 2.82. The van der Waals surface area contributed by atoms with E-state index in [1.54, 1.807) is 26.2 Å². The molecule has 118 valence electrons. The summed E-state index contributed by atoms with van der Waals surface area (Å²) in [6.45, 7) is 2.17. The normalized spacial score (nSPS) is 12.8. The maximum atomic E-state index is 12.0. The summed E-state index contributed by atoms with van der Waals surface area (Å²) in [5.41, 5.74) is 6.58. The SMILES string of the molecule is CC(N)c1ccc(S(=O)(=O)NCCNC(=O)N(C)C)cc1. The molecule has 0 aliphatic heterocycles. The van der Waals surface area contributed by atoms with E-state index in [9.17, 15) is 13.2 Å². The van der Waals surface area contributed by atoms with Gasteiger partial charge in [0, 0.05) is 33.2 Å². The second kappa shape index (κ2) is 7.39. The van der Waals surface area contributed by atoms with Crippen molar-refractivity contribution in [3.8, 4) is 0 Å². The van der Waals surface area contributed by atoms with E-state index in [4.69, 9.17) is 5.73 Å². The lowest BCUT2D eigenvalue weighted by molar-refractivity contribution is 0.217. The number of sulfonamides is 1. The van der Waals surface area contributed by atoms with Gasteiger partial charge < -0.3 is 16.0 Å². The number of amides is 2. The van der Waals surface area contributed by atoms with Gasteiger partial charge in [-0.2, -0.15) is 0 Å². The Balaban J connectivity index is 2.55. The number of nitrogens with one attached hydrogen (secondary N) is 2. The molecule has 1 rings (SSSR count). The van der Waals surface area contributed by atoms with E-state index in [1.165, 1.54) is 17.0 Å². The van der Waals surface area contributed by atoms with Crippen molar-refractivity contribution in [2.75, 3.05) is 27.2 Å². The quantitative estimate of drug-likeness (QED) is 0.655. The van der Waals surface area contributed by atoms with Gasteiger partial charge >= 0.3 is 6.03 Å². The number of urea groups is 1. The van der Waals surface area contributed by atoms with Crippen molar-refractivity contribution in [2.45, 2.75) is 17.9 Å². The molecule has 1 unspecified atom stereocenters. The zero-order valence-corrected chi connectivity index (χ0v) is 13.3. The highest BCUT2D eigenvalue weighted by Crippen LogP contribution is 2.14. The third-order valence-corrected chi connectivity index (χ3v) is 4.29. The summed E-state index contributed by atoms with van der Waals surface area (Å²) in [4.78, 5) is 12.8. The highest BCUT2D eigenvalue weighted by Gasteiger charge is 2.13. The van der Waals surface area contributed by atoms with Crippen LogP contribution in [0.5, 0.6) is 0 Å². The van der Waals surface area contributed by atoms with Crippen LogP contribution in [0.4, 0.5) is 4.79 Å². The van der Waals surface area contributed by atoms with Gasteiger partial charge in [-0.25, -0.2) is 17.9 Å². The first-order valence-electron chi connectivity index (χ1n) is 6.54. The lowest BCUT2D eigenvalue weighted by atomic mass is 10.1. The predicted molar refractivity (Wildman–Crippen MR) is 81.3 cm³/mol. The fourth-order valence-corrected chi connectivity index (χ4v) is 2.58. The van der Waals surface area contributed by atoms with Crippen LogP contribution < -0.4 is 15.8 Å². The highest BCUT2D eigenvalue weighted by molar-refractivity contribution is 7.89. The molecule has 0 spiro atoms. The van der Waals surface area contributed by atoms with Gasteiger partial charge in [-0.05, 0) is 24.6 Å². The van der Waals surface area contributed by atoms with E-state index in [-0.39, 0.29) is 30.1 Å². The van der Waals surface area contributed by atoms with Crippen molar-refractivity contribution < 1.29 is 13.2 Å². The summed E-state index contributed by atoms with van der Waals surface area (Å²) < 4.78 is 26.5. The van der Waals surface area contributed by atoms with Crippen LogP contribution in [0, 0.1) is 0 Å². The van der Waals surface area contributed by atoms with Crippen LogP contribution in [0.3, 0.4) is 0 Å². The summed E-state index contributed by atoms with van der Waals surface area (Å²) >= 11 is 0. The number of nitrogens with two attached hydrogens (primary N) is 1. The molecular weight excluding hydrogens is 292 g/mol. The van der Waals surface area contributed by atoms with Gasteiger partial charge in [-0.1, -0.05) is 12.1 Å². The van der Waals surface area contributed by atoms with Crippen molar-refractivity contribution in [3.63, 3.8) is 0 Å². The van der Waals surface area contributed by atoms with E-state index in [0.29, 0.717) is 0 Å². The Labute approximate surface area is 125 Å². The van der Waals surface area contributed by atoms with Crippen molar-refractivity contribution in [1.29, 1.82) is 0 Å². The molecule has 0 aromatic heterocycles. The topological polar surface area (TPSA) is 105 Å². The van der Waals surface area contributed by atoms with Crippen molar-refractivity contribution in [3.05, 3.63) is 29.8 Å². The van der Waals surface area contributed by atoms with Crippen molar-refractivity contribution in [1.82, 2.24) is 14.9 Å². The van der Waals surface area contributed by atoms with Gasteiger partial charge in [0.15, 0.2) is 0 Å². The Morgan fingerprint density at radius 3 is 2.29 bits per heavy atom. The molecule has 0 radical (unpaired) electrons. The van der Waals surface area contributed by atoms with E-state index in [0.717, 1.165) is 5.56 Å². The van der Waals surface area contributed by atoms with Gasteiger partial charge in [0.25, 0.3) is 0 Å². The highest BCUT2D eigenvalue weighted by atomic mass is 32.2. The largest absolute Gasteiger partial charge is 0.337 e. The van der Waals surface area contributed by atoms with Crippen LogP contribution >= 0.6 is 0 Å². The van der Waals surface area contributed by atoms with Gasteiger partial charge in [-0.3, -0.25) is 0 Å². The van der Waals surface area contributed by atoms with Crippen LogP contribution in [0.25, 0.3) is 0 Å². The number of hydrogen-bond donors (Lipinski definition) is 3. The summed E-state index contributed by atoms with van der Waals surface area (Å²) in [6.07, 6.45) is 0. The number of benzene rings is 1. The molecule has 21 heavy (non-hydrogen) atoms. The summed E-state index contributed by atoms with van der Waals surface area (Å²) in [5, 5.41) is 2.57. The lowest BCUT2D eigenvalue weighted by Gasteiger charge is -2.12. The number of carbonyl (C=O) groups excluding carboxylic acids is 1. The molecule has 0 fully saturated rings. The van der Waals surface area contributed by atoms with E-state index in [1.807, 2.05) is 6.92 Å². The van der Waals surface area contributed by atoms with Crippen LogP contribution in [0.1, 0.15) is 18.5 Å². The molecule has 0 aliphatic carbocycles. The van der Waals surface area contributed by atoms with Crippen molar-refractivity contribution >= 4 is 16.1 Å². The number of rotatable bonds is 6. The molecule has 0 saturated carbocycles. The fraction of sp³-hybridized carbons (Fsp3) is 0.462. The molecule has 1 aromatic rings. The standard InChI is InChI=1S/C13H22N4O3S/c1-10(14)11-4-6-12(7-5-11)21(19,20)16-9-8-15-13(18)17(2)3/h4-7,10,16H,8-9,14H2,1-3H3,(H,15,18). The fourth-order valence-electron chi connectivity index (χ4n) is 1.55. The molecule has 2 amide bonds. The second-order valence-corrected chi connectivity index (χ2v) is 6.65. The van der Waals surface area contributed by atoms with Crippen LogP contribution in [-0.4, -0.2) is 46.5 Å². The molecule has 1 aromatic carbocycles. The molecule has 0 bridgehead atoms. The maximum Gasteiger partial charge on any atom is 0.316 e. The number of hydrogen-bond acceptors (Lipinski definition) is 4. The van der Waals surface area contributed by atoms with Gasteiger partial charge in [0.1, 0.15) is 0 Å². The molecule has 0 aliphatic rings. The smallest absolute Gasteiger partial charge is 0.316 e. The monoisotopic (exact) mass is 314 g/mol. The number of nitrogens with zero attached hydrogens (tertiary/aromatic N) is 1. The summed E-state index contributed by atoms with van der Waals surface area (Å²) in [5.74, 6) is 0. The predicted octanol–water partition coefficient (Wildman–Crippen LogP) is 0.256. The zero-order valence-electron chi connectivity index (χ0n) is 12.5. The molecule has 0 heterocycles. The number of carbonyl (C=O) groups is 1. The Morgan fingerprint density at radius 1 is 1.24 bits per heavy atom. The first-order chi connectivity index (χ1) is 9.74. The van der Waals surface area contributed by atoms with Crippen LogP contribution in [0.2, 0.25) is 0 Å². The van der Waals surface area contributed by atoms with E-state index in [2.05, 4.69) is 10.0 Å². The Bertz CT molecular complexity index is 568. The first-order valence-corrected chi connectivity index (χ1v) is 8.02. The Kier molecular flexibility index (Phi) is 6.13. The Morgan fingerprint density at radius 2 is 1.81 bits per heavy atom. The average Bonchev–Trinajstić information content (AvgIpc) is 2.43. The summed E-state index contributed by atoms with van der Waals surface area (Å²) in [6, 6.07) is 5.99. The average molecular weight is 314 g/mol. The van der Waals surface area contributed by atoms with Gasteiger partial charge in [0.2, 0.25) is 10.0 Å². The molecule has 1 atom stereocenters. The van der Waals surface area contributed by atoms with Crippen LogP contribution in [-0.2, 0) is 10.0 Å². The first kappa shape index (κ1) is 17.4. The molecule has 0 saturated heterocycles. The molecule has 4 N–H and O–H groups in total. The molecule has 7 nitrogen and oxygen atoms in total. The van der Waals surface area contributed by atoms with E-state index >= 15 is 0 Å². The van der Waals surface area contributed by atoms with Gasteiger partial charge in [-0.15, -0.1) is 0 Å².